The quantitative estimate of drug-likeness (QED) is 0.344. The van der Waals surface area contributed by atoms with Gasteiger partial charge in [0.25, 0.3) is 6.10 Å². The van der Waals surface area contributed by atoms with Crippen molar-refractivity contribution in [2.75, 3.05) is 0 Å². The van der Waals surface area contributed by atoms with Crippen LogP contribution in [0.25, 0.3) is 0 Å². The maximum absolute atomic E-state index is 12.8. The van der Waals surface area contributed by atoms with Crippen molar-refractivity contribution in [2.24, 2.45) is 35.5 Å². The molecule has 1 aliphatic heterocycles. The van der Waals surface area contributed by atoms with E-state index in [1.165, 1.54) is 0 Å². The maximum Gasteiger partial charge on any atom is 0.434 e. The number of esters is 3. The van der Waals surface area contributed by atoms with E-state index in [1.54, 1.807) is 6.92 Å². The minimum Gasteiger partial charge on any atom is -0.458 e. The van der Waals surface area contributed by atoms with Gasteiger partial charge in [-0.2, -0.15) is 26.3 Å². The smallest absolute Gasteiger partial charge is 0.434 e. The summed E-state index contributed by atoms with van der Waals surface area (Å²) in [5, 5.41) is 0. The van der Waals surface area contributed by atoms with E-state index in [4.69, 9.17) is 9.47 Å². The fraction of sp³-hybridized carbons (Fsp3) is 0.842. The molecule has 7 atom stereocenters. The van der Waals surface area contributed by atoms with E-state index in [9.17, 15) is 40.7 Å². The first-order valence-corrected chi connectivity index (χ1v) is 9.87. The number of hydrogen-bond acceptors (Lipinski definition) is 6. The number of alkyl halides is 6. The highest BCUT2D eigenvalue weighted by Gasteiger charge is 2.71. The molecule has 1 heterocycles. The van der Waals surface area contributed by atoms with Gasteiger partial charge in [-0.15, -0.1) is 0 Å². The number of fused-ring (bicyclic) bond motifs is 1. The Labute approximate surface area is 173 Å². The van der Waals surface area contributed by atoms with Crippen molar-refractivity contribution in [2.45, 2.75) is 64.3 Å². The fourth-order valence-corrected chi connectivity index (χ4v) is 5.04. The van der Waals surface area contributed by atoms with E-state index in [0.717, 1.165) is 0 Å². The van der Waals surface area contributed by atoms with Crippen LogP contribution in [0.1, 0.15) is 33.6 Å². The van der Waals surface area contributed by atoms with E-state index in [-0.39, 0.29) is 12.3 Å². The Morgan fingerprint density at radius 2 is 1.65 bits per heavy atom. The van der Waals surface area contributed by atoms with Gasteiger partial charge in [-0.25, -0.2) is 0 Å². The molecule has 31 heavy (non-hydrogen) atoms. The third kappa shape index (κ3) is 4.34. The van der Waals surface area contributed by atoms with E-state index >= 15 is 0 Å². The maximum atomic E-state index is 12.8. The van der Waals surface area contributed by atoms with Crippen LogP contribution < -0.4 is 0 Å². The first-order valence-electron chi connectivity index (χ1n) is 9.87. The summed E-state index contributed by atoms with van der Waals surface area (Å²) in [4.78, 5) is 37.0. The van der Waals surface area contributed by atoms with Gasteiger partial charge in [0.15, 0.2) is 0 Å². The molecule has 12 heteroatoms. The van der Waals surface area contributed by atoms with Gasteiger partial charge in [-0.3, -0.25) is 14.4 Å². The van der Waals surface area contributed by atoms with Gasteiger partial charge < -0.3 is 14.2 Å². The van der Waals surface area contributed by atoms with Crippen LogP contribution >= 0.6 is 0 Å². The van der Waals surface area contributed by atoms with Gasteiger partial charge in [0, 0.05) is 11.8 Å². The molecule has 0 radical (unpaired) electrons. The summed E-state index contributed by atoms with van der Waals surface area (Å²) in [6.07, 6.45) is -17.5. The molecule has 0 N–H and O–H groups in total. The largest absolute Gasteiger partial charge is 0.458 e. The monoisotopic (exact) mass is 460 g/mol. The zero-order valence-electron chi connectivity index (χ0n) is 16.8. The molecule has 2 saturated carbocycles. The molecule has 6 nitrogen and oxygen atoms in total. The fourth-order valence-electron chi connectivity index (χ4n) is 5.04. The Balaban J connectivity index is 1.80. The molecule has 2 bridgehead atoms. The molecule has 3 rings (SSSR count). The molecule has 0 amide bonds. The zero-order valence-corrected chi connectivity index (χ0v) is 16.8. The number of carbonyl (C=O) groups is 3. The Hall–Kier alpha value is -2.01. The van der Waals surface area contributed by atoms with Crippen LogP contribution in [0.3, 0.4) is 0 Å². The highest BCUT2D eigenvalue weighted by Crippen LogP contribution is 2.59. The zero-order chi connectivity index (χ0) is 23.5. The minimum atomic E-state index is -5.87. The average molecular weight is 460 g/mol. The number of hydrogen-bond donors (Lipinski definition) is 0. The first kappa shape index (κ1) is 23.6. The summed E-state index contributed by atoms with van der Waals surface area (Å²) in [5.74, 6) is -8.14. The van der Waals surface area contributed by atoms with E-state index in [0.29, 0.717) is 6.42 Å². The number of rotatable bonds is 6. The summed E-state index contributed by atoms with van der Waals surface area (Å²) in [5.41, 5.74) is 0. The molecule has 0 aromatic carbocycles. The summed E-state index contributed by atoms with van der Waals surface area (Å²) >= 11 is 0. The number of carbonyl (C=O) groups excluding carboxylic acids is 3. The van der Waals surface area contributed by atoms with Gasteiger partial charge in [0.05, 0.1) is 17.8 Å². The lowest BCUT2D eigenvalue weighted by atomic mass is 9.78. The summed E-state index contributed by atoms with van der Waals surface area (Å²) in [6.45, 7) is 5.38. The number of ether oxygens (including phenoxy) is 3. The lowest BCUT2D eigenvalue weighted by Crippen LogP contribution is -2.49. The van der Waals surface area contributed by atoms with Gasteiger partial charge in [-0.1, -0.05) is 20.8 Å². The Bertz CT molecular complexity index is 733. The number of halogens is 6. The highest BCUT2D eigenvalue weighted by molar-refractivity contribution is 5.86. The lowest BCUT2D eigenvalue weighted by Gasteiger charge is -2.32. The predicted octanol–water partition coefficient (Wildman–Crippen LogP) is 3.42. The minimum absolute atomic E-state index is 0.0973. The summed E-state index contributed by atoms with van der Waals surface area (Å²) < 4.78 is 91.2. The summed E-state index contributed by atoms with van der Waals surface area (Å²) in [6, 6.07) is 0. The third-order valence-electron chi connectivity index (χ3n) is 6.13. The van der Waals surface area contributed by atoms with E-state index < -0.39 is 78.2 Å². The predicted molar refractivity (Wildman–Crippen MR) is 88.9 cm³/mol. The van der Waals surface area contributed by atoms with Crippen LogP contribution in [0.4, 0.5) is 26.3 Å². The van der Waals surface area contributed by atoms with Gasteiger partial charge >= 0.3 is 30.3 Å². The molecule has 0 spiro atoms. The van der Waals surface area contributed by atoms with Crippen molar-refractivity contribution in [3.8, 4) is 0 Å². The van der Waals surface area contributed by atoms with Gasteiger partial charge in [-0.05, 0) is 18.8 Å². The van der Waals surface area contributed by atoms with Crippen LogP contribution in [0.2, 0.25) is 0 Å². The molecule has 0 aromatic heterocycles. The average Bonchev–Trinajstić information content (AvgIpc) is 3.20. The lowest BCUT2D eigenvalue weighted by molar-refractivity contribution is -0.315. The second-order valence-electron chi connectivity index (χ2n) is 8.85. The molecule has 2 aliphatic carbocycles. The van der Waals surface area contributed by atoms with Crippen LogP contribution in [0.5, 0.6) is 0 Å². The second-order valence-corrected chi connectivity index (χ2v) is 8.85. The van der Waals surface area contributed by atoms with Crippen LogP contribution in [-0.2, 0) is 28.6 Å². The summed E-state index contributed by atoms with van der Waals surface area (Å²) in [7, 11) is 0. The molecule has 1 saturated heterocycles. The molecule has 0 aromatic rings. The van der Waals surface area contributed by atoms with Crippen molar-refractivity contribution >= 4 is 17.9 Å². The topological polar surface area (TPSA) is 78.9 Å². The van der Waals surface area contributed by atoms with Crippen molar-refractivity contribution in [3.63, 3.8) is 0 Å². The van der Waals surface area contributed by atoms with Crippen LogP contribution in [0, 0.1) is 35.5 Å². The Kier molecular flexibility index (Phi) is 5.98. The molecular formula is C19H22F6O6. The van der Waals surface area contributed by atoms with Crippen molar-refractivity contribution in [3.05, 3.63) is 0 Å². The standard InChI is InChI=1S/C19H22F6O6/c1-6(2)4-7(3)14(26)29-12-9-5-8-10(15(27)30-13(8)12)11(9)16(28)31-17(18(20,21)22)19(23,24)25/h6-13,17H,4-5H2,1-3H3. The molecule has 176 valence electrons. The molecule has 3 aliphatic rings. The van der Waals surface area contributed by atoms with E-state index in [1.807, 2.05) is 13.8 Å². The Morgan fingerprint density at radius 1 is 1.06 bits per heavy atom. The van der Waals surface area contributed by atoms with Crippen molar-refractivity contribution in [1.29, 1.82) is 0 Å². The van der Waals surface area contributed by atoms with Crippen molar-refractivity contribution in [1.82, 2.24) is 0 Å². The van der Waals surface area contributed by atoms with Gasteiger partial charge in [0.1, 0.15) is 12.2 Å². The molecular weight excluding hydrogens is 438 g/mol. The molecule has 3 fully saturated rings. The third-order valence-corrected chi connectivity index (χ3v) is 6.13. The molecule has 7 unspecified atom stereocenters. The van der Waals surface area contributed by atoms with Crippen molar-refractivity contribution < 1.29 is 54.9 Å². The van der Waals surface area contributed by atoms with Crippen LogP contribution in [0.15, 0.2) is 0 Å². The second kappa shape index (κ2) is 7.84. The SMILES string of the molecule is CC(C)CC(C)C(=O)OC1C2CC3C1OC(=O)C3C2C(=O)OC(C(F)(F)F)C(F)(F)F. The first-order chi connectivity index (χ1) is 14.1. The normalized spacial score (nSPS) is 33.1. The Morgan fingerprint density at radius 3 is 2.16 bits per heavy atom. The van der Waals surface area contributed by atoms with Crippen LogP contribution in [-0.4, -0.2) is 48.6 Å². The van der Waals surface area contributed by atoms with Gasteiger partial charge in [0.2, 0.25) is 0 Å². The van der Waals surface area contributed by atoms with E-state index in [2.05, 4.69) is 4.74 Å². The highest BCUT2D eigenvalue weighted by atomic mass is 19.4.